The minimum Gasteiger partial charge on any atom is -0.496 e. The van der Waals surface area contributed by atoms with E-state index < -0.39 is 0 Å². The van der Waals surface area contributed by atoms with Crippen LogP contribution in [0.25, 0.3) is 0 Å². The Labute approximate surface area is 106 Å². The van der Waals surface area contributed by atoms with Crippen LogP contribution in [-0.4, -0.2) is 12.4 Å². The van der Waals surface area contributed by atoms with Crippen LogP contribution in [0, 0.1) is 6.92 Å². The van der Waals surface area contributed by atoms with Crippen molar-refractivity contribution < 1.29 is 4.74 Å². The predicted octanol–water partition coefficient (Wildman–Crippen LogP) is 3.73. The van der Waals surface area contributed by atoms with Crippen LogP contribution in [0.1, 0.15) is 12.0 Å². The summed E-state index contributed by atoms with van der Waals surface area (Å²) in [7, 11) is 1.72. The van der Waals surface area contributed by atoms with Crippen LogP contribution in [0.4, 0.5) is 5.69 Å². The first-order chi connectivity index (χ1) is 8.28. The van der Waals surface area contributed by atoms with Crippen molar-refractivity contribution in [3.05, 3.63) is 41.6 Å². The van der Waals surface area contributed by atoms with Crippen LogP contribution >= 0.6 is 11.8 Å². The molecule has 0 fully saturated rings. The maximum absolute atomic E-state index is 5.36. The van der Waals surface area contributed by atoms with E-state index in [9.17, 15) is 0 Å². The van der Waals surface area contributed by atoms with Gasteiger partial charge in [0.05, 0.1) is 18.0 Å². The van der Waals surface area contributed by atoms with E-state index in [1.54, 1.807) is 7.11 Å². The molecule has 0 saturated heterocycles. The SMILES string of the molecule is COc1cc2c(cc1C)SC1CC=CC=C1N2. The monoisotopic (exact) mass is 245 g/mol. The van der Waals surface area contributed by atoms with Crippen molar-refractivity contribution in [1.29, 1.82) is 0 Å². The number of ether oxygens (including phenoxy) is 1. The molecule has 0 aromatic heterocycles. The van der Waals surface area contributed by atoms with Gasteiger partial charge in [-0.3, -0.25) is 0 Å². The topological polar surface area (TPSA) is 21.3 Å². The van der Waals surface area contributed by atoms with Crippen molar-refractivity contribution in [2.75, 3.05) is 12.4 Å². The number of benzene rings is 1. The summed E-state index contributed by atoms with van der Waals surface area (Å²) in [5, 5.41) is 4.05. The molecule has 1 heterocycles. The molecule has 0 spiro atoms. The third-order valence-corrected chi connectivity index (χ3v) is 4.48. The average Bonchev–Trinajstić information content (AvgIpc) is 2.35. The Bertz CT molecular complexity index is 519. The number of thioether (sulfide) groups is 1. The minimum atomic E-state index is 0.542. The predicted molar refractivity (Wildman–Crippen MR) is 72.8 cm³/mol. The second-order valence-corrected chi connectivity index (χ2v) is 5.58. The van der Waals surface area contributed by atoms with Gasteiger partial charge in [0, 0.05) is 16.7 Å². The van der Waals surface area contributed by atoms with Crippen molar-refractivity contribution >= 4 is 17.4 Å². The average molecular weight is 245 g/mol. The van der Waals surface area contributed by atoms with E-state index in [0.717, 1.165) is 17.9 Å². The Morgan fingerprint density at radius 1 is 1.41 bits per heavy atom. The number of nitrogens with one attached hydrogen (secondary N) is 1. The van der Waals surface area contributed by atoms with E-state index in [2.05, 4.69) is 42.6 Å². The molecule has 1 aromatic rings. The van der Waals surface area contributed by atoms with Crippen LogP contribution < -0.4 is 10.1 Å². The summed E-state index contributed by atoms with van der Waals surface area (Å²) in [6, 6.07) is 4.30. The number of methoxy groups -OCH3 is 1. The lowest BCUT2D eigenvalue weighted by atomic mass is 10.1. The number of allylic oxidation sites excluding steroid dienone is 3. The first kappa shape index (κ1) is 10.8. The van der Waals surface area contributed by atoms with Gasteiger partial charge < -0.3 is 10.1 Å². The van der Waals surface area contributed by atoms with Gasteiger partial charge in [0.1, 0.15) is 5.75 Å². The van der Waals surface area contributed by atoms with Crippen LogP contribution in [0.2, 0.25) is 0 Å². The molecule has 1 atom stereocenters. The molecule has 0 radical (unpaired) electrons. The van der Waals surface area contributed by atoms with Gasteiger partial charge >= 0.3 is 0 Å². The number of hydrogen-bond donors (Lipinski definition) is 1. The first-order valence-corrected chi connectivity index (χ1v) is 6.65. The zero-order valence-electron chi connectivity index (χ0n) is 9.99. The van der Waals surface area contributed by atoms with Crippen molar-refractivity contribution in [3.63, 3.8) is 0 Å². The fraction of sp³-hybridized carbons (Fsp3) is 0.286. The lowest BCUT2D eigenvalue weighted by Gasteiger charge is -2.30. The van der Waals surface area contributed by atoms with E-state index in [1.807, 2.05) is 11.8 Å². The van der Waals surface area contributed by atoms with E-state index in [0.29, 0.717) is 5.25 Å². The zero-order valence-corrected chi connectivity index (χ0v) is 10.8. The molecule has 88 valence electrons. The standard InChI is InChI=1S/C14H15NOS/c1-9-7-14-11(8-12(9)16-2)15-10-5-3-4-6-13(10)17-14/h3-5,7-8,13,15H,6H2,1-2H3. The first-order valence-electron chi connectivity index (χ1n) is 5.77. The number of rotatable bonds is 1. The number of hydrogen-bond acceptors (Lipinski definition) is 3. The van der Waals surface area contributed by atoms with E-state index in [-0.39, 0.29) is 0 Å². The molecule has 1 aliphatic carbocycles. The zero-order chi connectivity index (χ0) is 11.8. The highest BCUT2D eigenvalue weighted by molar-refractivity contribution is 8.00. The molecule has 17 heavy (non-hydrogen) atoms. The summed E-state index contributed by atoms with van der Waals surface area (Å²) in [4.78, 5) is 1.32. The largest absolute Gasteiger partial charge is 0.496 e. The molecule has 3 rings (SSSR count). The van der Waals surface area contributed by atoms with Gasteiger partial charge in [-0.2, -0.15) is 0 Å². The third-order valence-electron chi connectivity index (χ3n) is 3.15. The molecule has 0 saturated carbocycles. The fourth-order valence-electron chi connectivity index (χ4n) is 2.23. The molecule has 0 amide bonds. The highest BCUT2D eigenvalue weighted by atomic mass is 32.2. The summed E-state index contributed by atoms with van der Waals surface area (Å²) in [5.41, 5.74) is 3.66. The van der Waals surface area contributed by atoms with Gasteiger partial charge in [-0.15, -0.1) is 11.8 Å². The summed E-state index contributed by atoms with van der Waals surface area (Å²) < 4.78 is 5.36. The molecule has 1 unspecified atom stereocenters. The third kappa shape index (κ3) is 1.84. The fourth-order valence-corrected chi connectivity index (χ4v) is 3.49. The molecule has 3 heteroatoms. The summed E-state index contributed by atoms with van der Waals surface area (Å²) in [6.45, 7) is 2.09. The quantitative estimate of drug-likeness (QED) is 0.814. The smallest absolute Gasteiger partial charge is 0.123 e. The lowest BCUT2D eigenvalue weighted by molar-refractivity contribution is 0.411. The summed E-state index contributed by atoms with van der Waals surface area (Å²) in [5.74, 6) is 0.947. The van der Waals surface area contributed by atoms with Crippen molar-refractivity contribution in [3.8, 4) is 5.75 Å². The Morgan fingerprint density at radius 3 is 3.12 bits per heavy atom. The van der Waals surface area contributed by atoms with E-state index >= 15 is 0 Å². The highest BCUT2D eigenvalue weighted by Gasteiger charge is 2.24. The van der Waals surface area contributed by atoms with E-state index in [4.69, 9.17) is 4.74 Å². The van der Waals surface area contributed by atoms with Gasteiger partial charge in [0.15, 0.2) is 0 Å². The van der Waals surface area contributed by atoms with Crippen LogP contribution in [0.3, 0.4) is 0 Å². The second-order valence-electron chi connectivity index (χ2n) is 4.34. The molecule has 2 aliphatic rings. The van der Waals surface area contributed by atoms with Crippen molar-refractivity contribution in [2.45, 2.75) is 23.5 Å². The highest BCUT2D eigenvalue weighted by Crippen LogP contribution is 2.44. The van der Waals surface area contributed by atoms with Crippen LogP contribution in [0.5, 0.6) is 5.75 Å². The molecular weight excluding hydrogens is 230 g/mol. The lowest BCUT2D eigenvalue weighted by Crippen LogP contribution is -2.20. The molecule has 1 N–H and O–H groups in total. The normalized spacial score (nSPS) is 21.1. The Morgan fingerprint density at radius 2 is 2.29 bits per heavy atom. The van der Waals surface area contributed by atoms with Gasteiger partial charge in [-0.25, -0.2) is 0 Å². The Hall–Kier alpha value is -1.35. The van der Waals surface area contributed by atoms with Crippen molar-refractivity contribution in [2.24, 2.45) is 0 Å². The van der Waals surface area contributed by atoms with Gasteiger partial charge in [-0.1, -0.05) is 12.2 Å². The van der Waals surface area contributed by atoms with Crippen LogP contribution in [-0.2, 0) is 0 Å². The van der Waals surface area contributed by atoms with E-state index in [1.165, 1.54) is 16.2 Å². The van der Waals surface area contributed by atoms with Crippen molar-refractivity contribution in [1.82, 2.24) is 0 Å². The van der Waals surface area contributed by atoms with Gasteiger partial charge in [0.2, 0.25) is 0 Å². The number of aryl methyl sites for hydroxylation is 1. The molecule has 1 aliphatic heterocycles. The second kappa shape index (κ2) is 4.15. The molecule has 0 bridgehead atoms. The summed E-state index contributed by atoms with van der Waals surface area (Å²) in [6.07, 6.45) is 7.62. The Balaban J connectivity index is 2.03. The number of anilines is 1. The summed E-state index contributed by atoms with van der Waals surface area (Å²) >= 11 is 1.94. The minimum absolute atomic E-state index is 0.542. The molecule has 1 aromatic carbocycles. The molecular formula is C14H15NOS. The van der Waals surface area contributed by atoms with Crippen LogP contribution in [0.15, 0.2) is 41.0 Å². The molecule has 2 nitrogen and oxygen atoms in total. The van der Waals surface area contributed by atoms with Gasteiger partial charge in [0.25, 0.3) is 0 Å². The Kier molecular flexibility index (Phi) is 2.63. The number of fused-ring (bicyclic) bond motifs is 2. The maximum Gasteiger partial charge on any atom is 0.123 e. The van der Waals surface area contributed by atoms with Gasteiger partial charge in [-0.05, 0) is 31.1 Å². The maximum atomic E-state index is 5.36.